The molecule has 27 heavy (non-hydrogen) atoms. The van der Waals surface area contributed by atoms with Gasteiger partial charge in [-0.25, -0.2) is 0 Å². The Hall–Kier alpha value is -2.35. The van der Waals surface area contributed by atoms with Crippen LogP contribution in [0.2, 0.25) is 0 Å². The second kappa shape index (κ2) is 10.1. The SMILES string of the molecule is CN=C(NCc1ccc(C)cc1OC)NCc1nccc2ccccc12.I. The second-order valence-corrected chi connectivity index (χ2v) is 6.07. The minimum absolute atomic E-state index is 0. The predicted octanol–water partition coefficient (Wildman–Crippen LogP) is 4.04. The van der Waals surface area contributed by atoms with Crippen LogP contribution in [0.25, 0.3) is 10.8 Å². The molecule has 3 rings (SSSR count). The van der Waals surface area contributed by atoms with E-state index < -0.39 is 0 Å². The Kier molecular flexibility index (Phi) is 7.84. The fourth-order valence-corrected chi connectivity index (χ4v) is 2.89. The number of methoxy groups -OCH3 is 1. The Morgan fingerprint density at radius 3 is 2.63 bits per heavy atom. The van der Waals surface area contributed by atoms with Crippen LogP contribution in [0.15, 0.2) is 59.7 Å². The number of ether oxygens (including phenoxy) is 1. The fraction of sp³-hybridized carbons (Fsp3) is 0.238. The number of aliphatic imine (C=N–C) groups is 1. The van der Waals surface area contributed by atoms with Crippen LogP contribution in [0.3, 0.4) is 0 Å². The molecule has 0 fully saturated rings. The van der Waals surface area contributed by atoms with Crippen molar-refractivity contribution in [2.45, 2.75) is 20.0 Å². The third kappa shape index (κ3) is 5.32. The summed E-state index contributed by atoms with van der Waals surface area (Å²) < 4.78 is 5.46. The number of rotatable bonds is 5. The molecule has 0 atom stereocenters. The van der Waals surface area contributed by atoms with E-state index in [1.165, 1.54) is 10.9 Å². The number of pyridine rings is 1. The standard InChI is InChI=1S/C21H24N4O.HI/c1-15-8-9-17(20(12-15)26-3)13-24-21(22-2)25-14-19-18-7-5-4-6-16(18)10-11-23-19;/h4-12H,13-14H2,1-3H3,(H2,22,24,25);1H. The van der Waals surface area contributed by atoms with E-state index in [9.17, 15) is 0 Å². The molecule has 0 saturated carbocycles. The number of hydrogen-bond acceptors (Lipinski definition) is 3. The van der Waals surface area contributed by atoms with Gasteiger partial charge in [0.05, 0.1) is 19.3 Å². The van der Waals surface area contributed by atoms with Gasteiger partial charge in [0.1, 0.15) is 5.75 Å². The molecule has 2 N–H and O–H groups in total. The number of aryl methyl sites for hydroxylation is 1. The van der Waals surface area contributed by atoms with Crippen molar-refractivity contribution < 1.29 is 4.74 Å². The fourth-order valence-electron chi connectivity index (χ4n) is 2.89. The summed E-state index contributed by atoms with van der Waals surface area (Å²) in [5.74, 6) is 1.60. The second-order valence-electron chi connectivity index (χ2n) is 6.07. The number of hydrogen-bond donors (Lipinski definition) is 2. The summed E-state index contributed by atoms with van der Waals surface area (Å²) >= 11 is 0. The minimum atomic E-state index is 0. The van der Waals surface area contributed by atoms with Gasteiger partial charge in [-0.1, -0.05) is 36.4 Å². The Bertz CT molecular complexity index is 922. The zero-order chi connectivity index (χ0) is 18.4. The lowest BCUT2D eigenvalue weighted by molar-refractivity contribution is 0.408. The summed E-state index contributed by atoms with van der Waals surface area (Å²) in [6.07, 6.45) is 1.84. The van der Waals surface area contributed by atoms with Gasteiger partial charge in [0, 0.05) is 30.7 Å². The van der Waals surface area contributed by atoms with Gasteiger partial charge in [-0.15, -0.1) is 24.0 Å². The van der Waals surface area contributed by atoms with Crippen molar-refractivity contribution in [3.05, 3.63) is 71.5 Å². The van der Waals surface area contributed by atoms with Crippen LogP contribution < -0.4 is 15.4 Å². The first-order valence-corrected chi connectivity index (χ1v) is 8.62. The molecular formula is C21H25IN4O. The van der Waals surface area contributed by atoms with Crippen molar-refractivity contribution in [3.63, 3.8) is 0 Å². The number of aromatic nitrogens is 1. The van der Waals surface area contributed by atoms with E-state index in [0.717, 1.165) is 28.4 Å². The molecule has 142 valence electrons. The first-order valence-electron chi connectivity index (χ1n) is 8.62. The molecule has 2 aromatic carbocycles. The molecule has 1 heterocycles. The highest BCUT2D eigenvalue weighted by molar-refractivity contribution is 14.0. The Labute approximate surface area is 177 Å². The van der Waals surface area contributed by atoms with E-state index in [1.807, 2.05) is 30.5 Å². The van der Waals surface area contributed by atoms with Gasteiger partial charge in [-0.2, -0.15) is 0 Å². The molecule has 0 aliphatic heterocycles. The Morgan fingerprint density at radius 1 is 1.07 bits per heavy atom. The lowest BCUT2D eigenvalue weighted by Crippen LogP contribution is -2.36. The molecular weight excluding hydrogens is 451 g/mol. The maximum atomic E-state index is 5.46. The summed E-state index contributed by atoms with van der Waals surface area (Å²) in [7, 11) is 3.45. The van der Waals surface area contributed by atoms with Gasteiger partial charge in [0.15, 0.2) is 5.96 Å². The molecule has 0 saturated heterocycles. The van der Waals surface area contributed by atoms with E-state index in [4.69, 9.17) is 4.74 Å². The van der Waals surface area contributed by atoms with Gasteiger partial charge in [0.2, 0.25) is 0 Å². The molecule has 0 bridgehead atoms. The summed E-state index contributed by atoms with van der Waals surface area (Å²) in [6.45, 7) is 3.29. The minimum Gasteiger partial charge on any atom is -0.496 e. The highest BCUT2D eigenvalue weighted by atomic mass is 127. The normalized spacial score (nSPS) is 11.0. The van der Waals surface area contributed by atoms with Crippen LogP contribution in [0.5, 0.6) is 5.75 Å². The third-order valence-corrected chi connectivity index (χ3v) is 4.29. The van der Waals surface area contributed by atoms with E-state index in [1.54, 1.807) is 14.2 Å². The topological polar surface area (TPSA) is 58.5 Å². The van der Waals surface area contributed by atoms with Crippen LogP contribution in [0.1, 0.15) is 16.8 Å². The molecule has 0 spiro atoms. The molecule has 1 aromatic heterocycles. The number of fused-ring (bicyclic) bond motifs is 1. The van der Waals surface area contributed by atoms with Crippen LogP contribution in [0.4, 0.5) is 0 Å². The van der Waals surface area contributed by atoms with Crippen LogP contribution in [-0.2, 0) is 13.1 Å². The smallest absolute Gasteiger partial charge is 0.191 e. The van der Waals surface area contributed by atoms with Crippen molar-refractivity contribution in [1.82, 2.24) is 15.6 Å². The molecule has 3 aromatic rings. The van der Waals surface area contributed by atoms with Crippen molar-refractivity contribution in [2.75, 3.05) is 14.2 Å². The zero-order valence-corrected chi connectivity index (χ0v) is 18.2. The van der Waals surface area contributed by atoms with Crippen molar-refractivity contribution in [1.29, 1.82) is 0 Å². The number of benzene rings is 2. The third-order valence-electron chi connectivity index (χ3n) is 4.29. The summed E-state index contributed by atoms with van der Waals surface area (Å²) in [4.78, 5) is 8.80. The number of nitrogens with one attached hydrogen (secondary N) is 2. The maximum absolute atomic E-state index is 5.46. The van der Waals surface area contributed by atoms with Crippen molar-refractivity contribution >= 4 is 40.7 Å². The molecule has 0 unspecified atom stereocenters. The summed E-state index contributed by atoms with van der Waals surface area (Å²) in [5.41, 5.74) is 3.26. The largest absolute Gasteiger partial charge is 0.496 e. The van der Waals surface area contributed by atoms with Crippen molar-refractivity contribution in [2.24, 2.45) is 4.99 Å². The molecule has 0 amide bonds. The number of halogens is 1. The van der Waals surface area contributed by atoms with Gasteiger partial charge < -0.3 is 15.4 Å². The van der Waals surface area contributed by atoms with Gasteiger partial charge >= 0.3 is 0 Å². The maximum Gasteiger partial charge on any atom is 0.191 e. The molecule has 0 radical (unpaired) electrons. The van der Waals surface area contributed by atoms with Crippen molar-refractivity contribution in [3.8, 4) is 5.75 Å². The van der Waals surface area contributed by atoms with E-state index >= 15 is 0 Å². The number of nitrogens with zero attached hydrogens (tertiary/aromatic N) is 2. The first-order chi connectivity index (χ1) is 12.7. The quantitative estimate of drug-likeness (QED) is 0.332. The highest BCUT2D eigenvalue weighted by Crippen LogP contribution is 2.19. The summed E-state index contributed by atoms with van der Waals surface area (Å²) in [6, 6.07) is 16.5. The Morgan fingerprint density at radius 2 is 1.85 bits per heavy atom. The predicted molar refractivity (Wildman–Crippen MR) is 122 cm³/mol. The zero-order valence-electron chi connectivity index (χ0n) is 15.8. The molecule has 0 aliphatic carbocycles. The van der Waals surface area contributed by atoms with E-state index in [-0.39, 0.29) is 24.0 Å². The van der Waals surface area contributed by atoms with E-state index in [2.05, 4.69) is 51.8 Å². The average Bonchev–Trinajstić information content (AvgIpc) is 2.68. The van der Waals surface area contributed by atoms with Gasteiger partial charge in [-0.3, -0.25) is 9.98 Å². The molecule has 6 heteroatoms. The van der Waals surface area contributed by atoms with Crippen LogP contribution >= 0.6 is 24.0 Å². The van der Waals surface area contributed by atoms with Gasteiger partial charge in [-0.05, 0) is 30.0 Å². The van der Waals surface area contributed by atoms with E-state index in [0.29, 0.717) is 13.1 Å². The first kappa shape index (κ1) is 21.0. The van der Waals surface area contributed by atoms with Crippen LogP contribution in [0, 0.1) is 6.92 Å². The van der Waals surface area contributed by atoms with Gasteiger partial charge in [0.25, 0.3) is 0 Å². The lowest BCUT2D eigenvalue weighted by Gasteiger charge is -2.14. The van der Waals surface area contributed by atoms with Crippen LogP contribution in [-0.4, -0.2) is 25.1 Å². The monoisotopic (exact) mass is 476 g/mol. The Balaban J connectivity index is 0.00000261. The summed E-state index contributed by atoms with van der Waals surface area (Å²) in [5, 5.41) is 9.00. The molecule has 5 nitrogen and oxygen atoms in total. The molecule has 0 aliphatic rings. The average molecular weight is 476 g/mol. The lowest BCUT2D eigenvalue weighted by atomic mass is 10.1. The highest BCUT2D eigenvalue weighted by Gasteiger charge is 2.06. The number of guanidine groups is 1.